The first-order valence-corrected chi connectivity index (χ1v) is 28.2. The van der Waals surface area contributed by atoms with E-state index in [4.69, 9.17) is 4.42 Å². The van der Waals surface area contributed by atoms with Crippen LogP contribution >= 0.6 is 0 Å². The van der Waals surface area contributed by atoms with Crippen molar-refractivity contribution in [1.29, 1.82) is 0 Å². The molecule has 0 spiro atoms. The zero-order valence-electron chi connectivity index (χ0n) is 46.0. The molecule has 3 aliphatic carbocycles. The summed E-state index contributed by atoms with van der Waals surface area (Å²) in [6.45, 7) is 27.3. The van der Waals surface area contributed by atoms with Gasteiger partial charge in [-0.15, -0.1) is 0 Å². The SMILES string of the molecule is CC(C)(C)c1cc2c3c(c1)C1(C)CCCCC1(C)N3c1c3c(cc4c1oc1ccccc14)-c1c(ccc4c1-c1cc5c(cc1C4(C)C)C(C)(C)CCC5(C)C)N(c1ccc(-c4ccccc4)cc1-c1ccccc1)B23. The lowest BCUT2D eigenvalue weighted by atomic mass is 9.42. The molecule has 0 bridgehead atoms. The molecule has 1 fully saturated rings. The third-order valence-electron chi connectivity index (χ3n) is 20.6. The van der Waals surface area contributed by atoms with Crippen molar-refractivity contribution in [3.05, 3.63) is 179 Å². The molecule has 4 heterocycles. The van der Waals surface area contributed by atoms with E-state index in [1.807, 2.05) is 0 Å². The highest BCUT2D eigenvalue weighted by molar-refractivity contribution is 6.94. The standard InChI is InChI=1S/C71H69BN2O/c1-66(2,3)45-37-55-63-56(38-45)72-62-50(39-48-46-26-18-19-27-59(46)75-65(48)64(62)73(63)71(11)33-21-20-32-70(55,71)10)61-58(74(72)57-30-28-44(42-22-14-12-15-23-42)36-47(57)43-24-16-13-17-25-43)31-29-51-60(61)49-40-53-54(41-52(49)69(51,8)9)68(6,7)35-34-67(53,4)5/h12-19,22-31,36-41H,20-21,32-35H2,1-11H3. The summed E-state index contributed by atoms with van der Waals surface area (Å²) >= 11 is 0. The number of rotatable bonds is 3. The highest BCUT2D eigenvalue weighted by Gasteiger charge is 2.63. The fourth-order valence-corrected chi connectivity index (χ4v) is 16.0. The highest BCUT2D eigenvalue weighted by atomic mass is 16.3. The summed E-state index contributed by atoms with van der Waals surface area (Å²) in [5, 5.41) is 2.40. The van der Waals surface area contributed by atoms with Gasteiger partial charge >= 0.3 is 6.85 Å². The van der Waals surface area contributed by atoms with Gasteiger partial charge in [-0.2, -0.15) is 0 Å². The Bertz CT molecular complexity index is 3960. The molecule has 3 nitrogen and oxygen atoms in total. The van der Waals surface area contributed by atoms with Crippen LogP contribution in [0.25, 0.3) is 66.4 Å². The average molecular weight is 977 g/mol. The van der Waals surface area contributed by atoms with Crippen molar-refractivity contribution in [1.82, 2.24) is 0 Å². The molecule has 8 aromatic carbocycles. The zero-order valence-corrected chi connectivity index (χ0v) is 46.0. The molecule has 0 saturated heterocycles. The fraction of sp³-hybridized carbons (Fsp3) is 0.324. The minimum Gasteiger partial charge on any atom is -0.454 e. The van der Waals surface area contributed by atoms with Gasteiger partial charge < -0.3 is 14.1 Å². The van der Waals surface area contributed by atoms with E-state index in [2.05, 4.69) is 231 Å². The van der Waals surface area contributed by atoms with Gasteiger partial charge in [-0.25, -0.2) is 0 Å². The van der Waals surface area contributed by atoms with E-state index >= 15 is 0 Å². The first-order valence-electron chi connectivity index (χ1n) is 28.2. The minimum atomic E-state index is -0.220. The lowest BCUT2D eigenvalue weighted by Crippen LogP contribution is -2.65. The van der Waals surface area contributed by atoms with Crippen molar-refractivity contribution in [2.24, 2.45) is 0 Å². The van der Waals surface area contributed by atoms with Crippen LogP contribution < -0.4 is 20.6 Å². The van der Waals surface area contributed by atoms with E-state index in [1.54, 1.807) is 0 Å². The summed E-state index contributed by atoms with van der Waals surface area (Å²) in [4.78, 5) is 5.72. The number of para-hydroxylation sites is 1. The van der Waals surface area contributed by atoms with Crippen LogP contribution in [0.1, 0.15) is 148 Å². The largest absolute Gasteiger partial charge is 0.454 e. The molecule has 2 unspecified atom stereocenters. The Morgan fingerprint density at radius 1 is 0.493 bits per heavy atom. The van der Waals surface area contributed by atoms with Crippen molar-refractivity contribution in [3.63, 3.8) is 0 Å². The van der Waals surface area contributed by atoms with E-state index in [-0.39, 0.29) is 39.5 Å². The molecule has 1 saturated carbocycles. The molecule has 0 amide bonds. The van der Waals surface area contributed by atoms with E-state index in [9.17, 15) is 0 Å². The molecule has 1 aromatic heterocycles. The van der Waals surface area contributed by atoms with E-state index in [0.29, 0.717) is 0 Å². The number of hydrogen-bond acceptors (Lipinski definition) is 3. The summed E-state index contributed by atoms with van der Waals surface area (Å²) in [5.41, 5.74) is 28.8. The first-order chi connectivity index (χ1) is 35.8. The van der Waals surface area contributed by atoms with E-state index < -0.39 is 0 Å². The molecule has 9 aromatic rings. The predicted molar refractivity (Wildman–Crippen MR) is 318 cm³/mol. The second kappa shape index (κ2) is 14.8. The Kier molecular flexibility index (Phi) is 8.99. The van der Waals surface area contributed by atoms with Gasteiger partial charge in [0.15, 0.2) is 5.58 Å². The smallest absolute Gasteiger partial charge is 0.333 e. The van der Waals surface area contributed by atoms with Gasteiger partial charge in [-0.05, 0) is 163 Å². The molecule has 4 heteroatoms. The minimum absolute atomic E-state index is 0.0572. The van der Waals surface area contributed by atoms with Crippen LogP contribution in [0.3, 0.4) is 0 Å². The zero-order chi connectivity index (χ0) is 51.5. The molecule has 2 atom stereocenters. The number of hydrogen-bond donors (Lipinski definition) is 0. The first kappa shape index (κ1) is 45.6. The van der Waals surface area contributed by atoms with Crippen LogP contribution in [0.2, 0.25) is 0 Å². The number of benzene rings is 8. The van der Waals surface area contributed by atoms with Gasteiger partial charge in [0.1, 0.15) is 5.58 Å². The fourth-order valence-electron chi connectivity index (χ4n) is 16.0. The lowest BCUT2D eigenvalue weighted by molar-refractivity contribution is 0.195. The van der Waals surface area contributed by atoms with E-state index in [0.717, 1.165) is 24.0 Å². The van der Waals surface area contributed by atoms with Crippen molar-refractivity contribution >= 4 is 62.5 Å². The summed E-state index contributed by atoms with van der Waals surface area (Å²) in [6, 6.07) is 56.6. The Balaban J connectivity index is 1.15. The van der Waals surface area contributed by atoms with Crippen molar-refractivity contribution in [3.8, 4) is 44.5 Å². The van der Waals surface area contributed by atoms with Crippen LogP contribution in [0.5, 0.6) is 0 Å². The second-order valence-electron chi connectivity index (χ2n) is 27.0. The van der Waals surface area contributed by atoms with Crippen molar-refractivity contribution in [2.75, 3.05) is 9.71 Å². The second-order valence-corrected chi connectivity index (χ2v) is 27.0. The van der Waals surface area contributed by atoms with Crippen molar-refractivity contribution in [2.45, 2.75) is 147 Å². The maximum atomic E-state index is 7.44. The summed E-state index contributed by atoms with van der Waals surface area (Å²) in [6.07, 6.45) is 7.08. The normalized spacial score (nSPS) is 21.8. The Morgan fingerprint density at radius 3 is 1.89 bits per heavy atom. The molecule has 0 radical (unpaired) electrons. The van der Waals surface area contributed by atoms with Gasteiger partial charge in [0.05, 0.1) is 11.2 Å². The number of fused-ring (bicyclic) bond motifs is 16. The molecule has 75 heavy (non-hydrogen) atoms. The van der Waals surface area contributed by atoms with Crippen molar-refractivity contribution < 1.29 is 4.42 Å². The number of anilines is 4. The van der Waals surface area contributed by atoms with Gasteiger partial charge in [0.25, 0.3) is 0 Å². The Hall–Kier alpha value is -6.78. The summed E-state index contributed by atoms with van der Waals surface area (Å²) in [5.74, 6) is 0. The van der Waals surface area contributed by atoms with Crippen LogP contribution in [0, 0.1) is 0 Å². The predicted octanol–water partition coefficient (Wildman–Crippen LogP) is 17.9. The molecular weight excluding hydrogens is 908 g/mol. The lowest BCUT2D eigenvalue weighted by Gasteiger charge is -2.53. The van der Waals surface area contributed by atoms with Gasteiger partial charge in [-0.1, -0.05) is 191 Å². The number of furan rings is 1. The molecule has 3 aliphatic heterocycles. The molecule has 15 rings (SSSR count). The molecule has 372 valence electrons. The van der Waals surface area contributed by atoms with Gasteiger partial charge in [-0.3, -0.25) is 0 Å². The van der Waals surface area contributed by atoms with Gasteiger partial charge in [0.2, 0.25) is 0 Å². The molecule has 0 N–H and O–H groups in total. The van der Waals surface area contributed by atoms with Crippen LogP contribution in [-0.2, 0) is 27.1 Å². The summed E-state index contributed by atoms with van der Waals surface area (Å²) < 4.78 is 7.44. The van der Waals surface area contributed by atoms with Crippen LogP contribution in [-0.4, -0.2) is 12.4 Å². The number of nitrogens with zero attached hydrogens (tertiary/aromatic N) is 2. The monoisotopic (exact) mass is 977 g/mol. The van der Waals surface area contributed by atoms with Crippen LogP contribution in [0.4, 0.5) is 22.7 Å². The maximum absolute atomic E-state index is 7.44. The van der Waals surface area contributed by atoms with E-state index in [1.165, 1.54) is 148 Å². The molecule has 6 aliphatic rings. The Labute approximate surface area is 445 Å². The third-order valence-corrected chi connectivity index (χ3v) is 20.6. The highest BCUT2D eigenvalue weighted by Crippen LogP contribution is 2.66. The topological polar surface area (TPSA) is 19.6 Å². The third kappa shape index (κ3) is 5.84. The summed E-state index contributed by atoms with van der Waals surface area (Å²) in [7, 11) is 0. The average Bonchev–Trinajstić information content (AvgIpc) is 4.02. The van der Waals surface area contributed by atoms with Crippen LogP contribution in [0.15, 0.2) is 150 Å². The van der Waals surface area contributed by atoms with Gasteiger partial charge in [0, 0.05) is 49.8 Å². The molecular formula is C71H69BN2O. The Morgan fingerprint density at radius 2 is 1.16 bits per heavy atom. The maximum Gasteiger partial charge on any atom is 0.333 e. The quantitative estimate of drug-likeness (QED) is 0.165.